The second kappa shape index (κ2) is 17.9. The largest absolute Gasteiger partial charge is 0.334 e. The van der Waals surface area contributed by atoms with Crippen LogP contribution >= 0.6 is 22.7 Å². The van der Waals surface area contributed by atoms with E-state index in [0.29, 0.717) is 0 Å². The normalized spacial score (nSPS) is 23.0. The summed E-state index contributed by atoms with van der Waals surface area (Å²) < 4.78 is 5.29. The van der Waals surface area contributed by atoms with Gasteiger partial charge in [-0.1, -0.05) is 178 Å². The molecule has 428 valence electrons. The van der Waals surface area contributed by atoms with Crippen LogP contribution in [0.3, 0.4) is 0 Å². The smallest absolute Gasteiger partial charge is 0.252 e. The minimum Gasteiger partial charge on any atom is -0.334 e. The van der Waals surface area contributed by atoms with Crippen LogP contribution in [0.1, 0.15) is 148 Å². The number of hydrogen-bond donors (Lipinski definition) is 0. The fourth-order valence-electron chi connectivity index (χ4n) is 17.9. The van der Waals surface area contributed by atoms with Crippen LogP contribution in [-0.2, 0) is 21.7 Å². The Bertz CT molecular complexity index is 4430. The first-order valence-electron chi connectivity index (χ1n) is 32.0. The third-order valence-electron chi connectivity index (χ3n) is 22.9. The molecule has 4 nitrogen and oxygen atoms in total. The van der Waals surface area contributed by atoms with Gasteiger partial charge in [-0.3, -0.25) is 0 Å². The Morgan fingerprint density at radius 3 is 1.26 bits per heavy atom. The van der Waals surface area contributed by atoms with Crippen LogP contribution in [0.5, 0.6) is 0 Å². The van der Waals surface area contributed by atoms with E-state index < -0.39 is 0 Å². The quantitative estimate of drug-likeness (QED) is 0.163. The van der Waals surface area contributed by atoms with Crippen molar-refractivity contribution in [1.29, 1.82) is 0 Å². The summed E-state index contributed by atoms with van der Waals surface area (Å²) in [7, 11) is 0. The van der Waals surface area contributed by atoms with E-state index in [2.05, 4.69) is 266 Å². The van der Waals surface area contributed by atoms with Crippen molar-refractivity contribution in [2.45, 2.75) is 160 Å². The molecule has 4 aliphatic heterocycles. The minimum absolute atomic E-state index is 0.00364. The van der Waals surface area contributed by atoms with Crippen molar-refractivity contribution in [2.24, 2.45) is 0 Å². The third-order valence-corrected chi connectivity index (χ3v) is 25.3. The molecule has 4 atom stereocenters. The van der Waals surface area contributed by atoms with E-state index in [-0.39, 0.29) is 39.5 Å². The molecule has 2 saturated carbocycles. The van der Waals surface area contributed by atoms with Gasteiger partial charge in [0.05, 0.1) is 31.9 Å². The Labute approximate surface area is 517 Å². The van der Waals surface area contributed by atoms with Crippen molar-refractivity contribution >= 4 is 143 Å². The molecule has 7 heteroatoms. The molecule has 2 aliphatic carbocycles. The lowest BCUT2D eigenvalue weighted by Gasteiger charge is -2.51. The molecule has 0 N–H and O–H groups in total. The van der Waals surface area contributed by atoms with Gasteiger partial charge in [-0.15, -0.1) is 22.7 Å². The molecular formula is C79H77BN4S2. The van der Waals surface area contributed by atoms with Crippen LogP contribution < -0.4 is 36.0 Å². The summed E-state index contributed by atoms with van der Waals surface area (Å²) in [6.07, 6.45) is 9.65. The average molecular weight is 1160 g/mol. The second-order valence-electron chi connectivity index (χ2n) is 29.6. The van der Waals surface area contributed by atoms with Crippen LogP contribution in [0, 0.1) is 6.92 Å². The molecule has 6 aliphatic rings. The van der Waals surface area contributed by atoms with Crippen LogP contribution in [-0.4, -0.2) is 17.8 Å². The Kier molecular flexibility index (Phi) is 11.0. The highest BCUT2D eigenvalue weighted by Gasteiger charge is 2.60. The van der Waals surface area contributed by atoms with E-state index in [0.717, 1.165) is 12.8 Å². The van der Waals surface area contributed by atoms with E-state index in [9.17, 15) is 0 Å². The van der Waals surface area contributed by atoms with Gasteiger partial charge in [0.15, 0.2) is 0 Å². The van der Waals surface area contributed by atoms with E-state index in [1.165, 1.54) is 180 Å². The zero-order chi connectivity index (χ0) is 58.8. The maximum absolute atomic E-state index is 2.82. The highest BCUT2D eigenvalue weighted by molar-refractivity contribution is 7.27. The second-order valence-corrected chi connectivity index (χ2v) is 31.7. The standard InChI is InChI=1S/C79H77BN4S2/c1-48-42-67-71-68(43-48)82(64-27-21-25-56-54-23-13-15-29-70(54)86-73(56)64)66-47-52(84-62-37-31-50(75(5,6)7)45-58(62)77(9)39-17-19-41-79(77,84)11)33-35-60(66)80(71)59-34-32-51(46-65(59)81(67)63-26-20-24-55-53-22-12-14-28-69(53)85-72(55)63)83-61-36-30-49(74(2,3)4)44-57(61)76(8)38-16-18-40-78(76,83)10/h12-15,20-37,42-47H,16-19,38-41H2,1-11H3. The van der Waals surface area contributed by atoms with E-state index in [1.54, 1.807) is 0 Å². The highest BCUT2D eigenvalue weighted by Crippen LogP contribution is 2.64. The summed E-state index contributed by atoms with van der Waals surface area (Å²) >= 11 is 3.88. The molecule has 0 saturated heterocycles. The fraction of sp³-hybridized carbons (Fsp3) is 0.316. The number of nitrogens with zero attached hydrogens (tertiary/aromatic N) is 4. The summed E-state index contributed by atoms with van der Waals surface area (Å²) in [4.78, 5) is 11.1. The molecule has 0 bridgehead atoms. The van der Waals surface area contributed by atoms with Gasteiger partial charge in [-0.05, 0) is 174 Å². The molecule has 6 heterocycles. The van der Waals surface area contributed by atoms with Gasteiger partial charge < -0.3 is 19.6 Å². The van der Waals surface area contributed by atoms with Crippen LogP contribution in [0.25, 0.3) is 40.3 Å². The van der Waals surface area contributed by atoms with E-state index in [1.807, 2.05) is 22.7 Å². The van der Waals surface area contributed by atoms with Crippen molar-refractivity contribution in [3.05, 3.63) is 198 Å². The van der Waals surface area contributed by atoms with Gasteiger partial charge in [0.2, 0.25) is 0 Å². The number of benzene rings is 9. The predicted molar refractivity (Wildman–Crippen MR) is 374 cm³/mol. The summed E-state index contributed by atoms with van der Waals surface area (Å²) in [6.45, 7) is 26.9. The molecule has 9 aromatic carbocycles. The molecule has 2 aromatic heterocycles. The lowest BCUT2D eigenvalue weighted by Crippen LogP contribution is -2.61. The van der Waals surface area contributed by atoms with Crippen LogP contribution in [0.15, 0.2) is 170 Å². The number of thiophene rings is 2. The third kappa shape index (κ3) is 6.99. The van der Waals surface area contributed by atoms with Gasteiger partial charge in [0.1, 0.15) is 0 Å². The number of anilines is 10. The first kappa shape index (κ1) is 53.0. The summed E-state index contributed by atoms with van der Waals surface area (Å²) in [5.74, 6) is 0. The molecule has 0 spiro atoms. The van der Waals surface area contributed by atoms with Gasteiger partial charge >= 0.3 is 0 Å². The van der Waals surface area contributed by atoms with Crippen molar-refractivity contribution in [1.82, 2.24) is 0 Å². The van der Waals surface area contributed by atoms with Crippen molar-refractivity contribution < 1.29 is 0 Å². The Hall–Kier alpha value is -7.32. The maximum Gasteiger partial charge on any atom is 0.252 e. The van der Waals surface area contributed by atoms with Crippen molar-refractivity contribution in [3.63, 3.8) is 0 Å². The number of hydrogen-bond acceptors (Lipinski definition) is 6. The van der Waals surface area contributed by atoms with Gasteiger partial charge in [-0.2, -0.15) is 0 Å². The summed E-state index contributed by atoms with van der Waals surface area (Å²) in [5.41, 5.74) is 23.9. The molecular weight excluding hydrogens is 1080 g/mol. The highest BCUT2D eigenvalue weighted by atomic mass is 32.1. The molecule has 2 fully saturated rings. The van der Waals surface area contributed by atoms with Gasteiger partial charge in [-0.25, -0.2) is 0 Å². The molecule has 0 amide bonds. The first-order valence-corrected chi connectivity index (χ1v) is 33.7. The number of aryl methyl sites for hydroxylation is 1. The van der Waals surface area contributed by atoms with Gasteiger partial charge in [0, 0.05) is 87.3 Å². The molecule has 0 radical (unpaired) electrons. The lowest BCUT2D eigenvalue weighted by molar-refractivity contribution is 0.195. The predicted octanol–water partition coefficient (Wildman–Crippen LogP) is 20.9. The fourth-order valence-corrected chi connectivity index (χ4v) is 20.3. The molecule has 4 unspecified atom stereocenters. The molecule has 17 rings (SSSR count). The van der Waals surface area contributed by atoms with Crippen LogP contribution in [0.4, 0.5) is 56.9 Å². The van der Waals surface area contributed by atoms with Crippen molar-refractivity contribution in [2.75, 3.05) is 19.6 Å². The molecule has 11 aromatic rings. The van der Waals surface area contributed by atoms with Crippen LogP contribution in [0.2, 0.25) is 0 Å². The first-order chi connectivity index (χ1) is 41.3. The zero-order valence-electron chi connectivity index (χ0n) is 52.0. The minimum atomic E-state index is -0.111. The van der Waals surface area contributed by atoms with Crippen molar-refractivity contribution in [3.8, 4) is 0 Å². The summed E-state index contributed by atoms with van der Waals surface area (Å²) in [5, 5.41) is 5.27. The SMILES string of the molecule is Cc1cc2c3c(c1)N(c1cccc4c1sc1ccccc14)c1cc(N4c5ccc(C(C)(C)C)cc5C5(C)CCCCC45C)ccc1B3c1ccc(N3c4ccc(C(C)(C)C)cc4C4(C)CCCCC34C)cc1N2c1cccc2c1sc1ccccc12. The van der Waals surface area contributed by atoms with E-state index >= 15 is 0 Å². The Balaban J connectivity index is 0.950. The maximum atomic E-state index is 2.82. The molecule has 86 heavy (non-hydrogen) atoms. The Morgan fingerprint density at radius 1 is 0.395 bits per heavy atom. The topological polar surface area (TPSA) is 13.0 Å². The zero-order valence-corrected chi connectivity index (χ0v) is 53.6. The Morgan fingerprint density at radius 2 is 0.814 bits per heavy atom. The van der Waals surface area contributed by atoms with Gasteiger partial charge in [0.25, 0.3) is 6.71 Å². The lowest BCUT2D eigenvalue weighted by atomic mass is 9.33. The average Bonchev–Trinajstić information content (AvgIpc) is 1.30. The number of fused-ring (bicyclic) bond motifs is 16. The van der Waals surface area contributed by atoms with E-state index in [4.69, 9.17) is 0 Å². The monoisotopic (exact) mass is 1160 g/mol. The summed E-state index contributed by atoms with van der Waals surface area (Å²) in [6, 6.07) is 67.8. The number of rotatable bonds is 4.